The summed E-state index contributed by atoms with van der Waals surface area (Å²) in [4.78, 5) is 40.2. The van der Waals surface area contributed by atoms with Crippen LogP contribution in [-0.4, -0.2) is 29.5 Å². The lowest BCUT2D eigenvalue weighted by atomic mass is 9.96. The molecule has 0 unspecified atom stereocenters. The average Bonchev–Trinajstić information content (AvgIpc) is 2.59. The molecule has 0 spiro atoms. The van der Waals surface area contributed by atoms with E-state index in [1.165, 1.54) is 18.3 Å². The molecule has 1 aromatic heterocycles. The summed E-state index contributed by atoms with van der Waals surface area (Å²) in [6.07, 6.45) is 3.20. The number of carbonyl (C=O) groups excluding carboxylic acids is 2. The molecule has 0 aliphatic carbocycles. The standard InChI is InChI=1S/C18H18N2O4/c1-12-8-9-13-5-2-3-7-15(13)20(12)16(21)11-24-18(23)14-6-4-10-19-17(14)22/h2-7,10,12H,8-9,11H2,1H3,(H,19,22)/t12-/m1/s1. The van der Waals surface area contributed by atoms with Gasteiger partial charge >= 0.3 is 5.97 Å². The molecule has 0 saturated carbocycles. The number of fused-ring (bicyclic) bond motifs is 1. The van der Waals surface area contributed by atoms with Gasteiger partial charge in [-0.3, -0.25) is 9.59 Å². The number of rotatable bonds is 3. The molecule has 2 aromatic rings. The van der Waals surface area contributed by atoms with Gasteiger partial charge in [0, 0.05) is 17.9 Å². The molecule has 24 heavy (non-hydrogen) atoms. The number of aromatic nitrogens is 1. The molecule has 1 amide bonds. The van der Waals surface area contributed by atoms with Crippen LogP contribution in [0.15, 0.2) is 47.4 Å². The summed E-state index contributed by atoms with van der Waals surface area (Å²) in [7, 11) is 0. The highest BCUT2D eigenvalue weighted by Gasteiger charge is 2.28. The number of hydrogen-bond acceptors (Lipinski definition) is 4. The van der Waals surface area contributed by atoms with Gasteiger partial charge in [-0.2, -0.15) is 0 Å². The molecule has 124 valence electrons. The van der Waals surface area contributed by atoms with Crippen molar-refractivity contribution in [2.24, 2.45) is 0 Å². The van der Waals surface area contributed by atoms with E-state index in [2.05, 4.69) is 4.98 Å². The van der Waals surface area contributed by atoms with E-state index in [1.807, 2.05) is 31.2 Å². The fourth-order valence-electron chi connectivity index (χ4n) is 2.93. The van der Waals surface area contributed by atoms with Gasteiger partial charge in [0.2, 0.25) is 0 Å². The lowest BCUT2D eigenvalue weighted by Gasteiger charge is -2.35. The van der Waals surface area contributed by atoms with E-state index < -0.39 is 18.1 Å². The first-order valence-electron chi connectivity index (χ1n) is 7.82. The van der Waals surface area contributed by atoms with Gasteiger partial charge in [-0.1, -0.05) is 18.2 Å². The summed E-state index contributed by atoms with van der Waals surface area (Å²) in [5.41, 5.74) is 1.31. The third-order valence-corrected chi connectivity index (χ3v) is 4.16. The maximum absolute atomic E-state index is 12.6. The Bertz CT molecular complexity index is 828. The van der Waals surface area contributed by atoms with Crippen LogP contribution in [0.5, 0.6) is 0 Å². The summed E-state index contributed by atoms with van der Waals surface area (Å²) in [5.74, 6) is -1.10. The van der Waals surface area contributed by atoms with Crippen LogP contribution in [0.2, 0.25) is 0 Å². The zero-order valence-corrected chi connectivity index (χ0v) is 13.3. The molecule has 0 radical (unpaired) electrons. The fourth-order valence-corrected chi connectivity index (χ4v) is 2.93. The quantitative estimate of drug-likeness (QED) is 0.874. The van der Waals surface area contributed by atoms with Crippen molar-refractivity contribution in [1.82, 2.24) is 4.98 Å². The van der Waals surface area contributed by atoms with Crippen LogP contribution >= 0.6 is 0 Å². The number of H-pyrrole nitrogens is 1. The highest BCUT2D eigenvalue weighted by molar-refractivity contribution is 5.98. The van der Waals surface area contributed by atoms with Crippen molar-refractivity contribution in [1.29, 1.82) is 0 Å². The summed E-state index contributed by atoms with van der Waals surface area (Å²) in [6.45, 7) is 1.57. The van der Waals surface area contributed by atoms with Crippen LogP contribution in [0.25, 0.3) is 0 Å². The number of nitrogens with zero attached hydrogens (tertiary/aromatic N) is 1. The van der Waals surface area contributed by atoms with Crippen LogP contribution in [-0.2, 0) is 16.0 Å². The van der Waals surface area contributed by atoms with E-state index >= 15 is 0 Å². The van der Waals surface area contributed by atoms with E-state index in [0.29, 0.717) is 0 Å². The van der Waals surface area contributed by atoms with Crippen LogP contribution in [0, 0.1) is 0 Å². The Morgan fingerprint density at radius 1 is 1.25 bits per heavy atom. The number of anilines is 1. The summed E-state index contributed by atoms with van der Waals surface area (Å²) in [5, 5.41) is 0. The Hall–Kier alpha value is -2.89. The maximum Gasteiger partial charge on any atom is 0.344 e. The van der Waals surface area contributed by atoms with Crippen molar-refractivity contribution in [2.75, 3.05) is 11.5 Å². The van der Waals surface area contributed by atoms with Gasteiger partial charge in [0.15, 0.2) is 6.61 Å². The predicted molar refractivity (Wildman–Crippen MR) is 89.1 cm³/mol. The smallest absolute Gasteiger partial charge is 0.344 e. The van der Waals surface area contributed by atoms with Gasteiger partial charge < -0.3 is 14.6 Å². The van der Waals surface area contributed by atoms with E-state index in [9.17, 15) is 14.4 Å². The molecular weight excluding hydrogens is 308 g/mol. The van der Waals surface area contributed by atoms with Crippen molar-refractivity contribution in [3.8, 4) is 0 Å². The molecule has 6 heteroatoms. The zero-order chi connectivity index (χ0) is 17.1. The molecule has 1 N–H and O–H groups in total. The molecule has 3 rings (SSSR count). The molecule has 0 fully saturated rings. The zero-order valence-electron chi connectivity index (χ0n) is 13.3. The number of hydrogen-bond donors (Lipinski definition) is 1. The number of benzene rings is 1. The Morgan fingerprint density at radius 2 is 2.04 bits per heavy atom. The average molecular weight is 326 g/mol. The molecule has 1 aliphatic heterocycles. The summed E-state index contributed by atoms with van der Waals surface area (Å²) in [6, 6.07) is 10.6. The number of para-hydroxylation sites is 1. The minimum atomic E-state index is -0.803. The molecule has 0 bridgehead atoms. The first-order valence-corrected chi connectivity index (χ1v) is 7.82. The van der Waals surface area contributed by atoms with E-state index in [0.717, 1.165) is 24.1 Å². The number of nitrogens with one attached hydrogen (secondary N) is 1. The fraction of sp³-hybridized carbons (Fsp3) is 0.278. The minimum Gasteiger partial charge on any atom is -0.452 e. The topological polar surface area (TPSA) is 79.5 Å². The van der Waals surface area contributed by atoms with Crippen LogP contribution in [0.4, 0.5) is 5.69 Å². The van der Waals surface area contributed by atoms with Gasteiger partial charge in [0.25, 0.3) is 11.5 Å². The number of aryl methyl sites for hydroxylation is 1. The van der Waals surface area contributed by atoms with E-state index in [1.54, 1.807) is 4.90 Å². The highest BCUT2D eigenvalue weighted by Crippen LogP contribution is 2.30. The van der Waals surface area contributed by atoms with E-state index in [4.69, 9.17) is 4.74 Å². The Morgan fingerprint density at radius 3 is 2.83 bits per heavy atom. The normalized spacial score (nSPS) is 16.4. The van der Waals surface area contributed by atoms with Gasteiger partial charge in [0.05, 0.1) is 0 Å². The largest absolute Gasteiger partial charge is 0.452 e. The Balaban J connectivity index is 1.73. The second kappa shape index (κ2) is 6.70. The first-order chi connectivity index (χ1) is 11.6. The van der Waals surface area contributed by atoms with Crippen molar-refractivity contribution >= 4 is 17.6 Å². The molecule has 1 atom stereocenters. The van der Waals surface area contributed by atoms with Crippen molar-refractivity contribution < 1.29 is 14.3 Å². The Kier molecular flexibility index (Phi) is 4.46. The first kappa shape index (κ1) is 16.0. The van der Waals surface area contributed by atoms with Gasteiger partial charge in [-0.25, -0.2) is 4.79 Å². The van der Waals surface area contributed by atoms with Crippen LogP contribution in [0.3, 0.4) is 0 Å². The minimum absolute atomic E-state index is 0.0335. The SMILES string of the molecule is C[C@@H]1CCc2ccccc2N1C(=O)COC(=O)c1ccc[nH]c1=O. The lowest BCUT2D eigenvalue weighted by Crippen LogP contribution is -2.44. The molecule has 1 aliphatic rings. The molecule has 0 saturated heterocycles. The third kappa shape index (κ3) is 3.08. The number of pyridine rings is 1. The number of aromatic amines is 1. The van der Waals surface area contributed by atoms with Gasteiger partial charge in [-0.15, -0.1) is 0 Å². The highest BCUT2D eigenvalue weighted by atomic mass is 16.5. The second-order valence-corrected chi connectivity index (χ2v) is 5.77. The van der Waals surface area contributed by atoms with Crippen molar-refractivity contribution in [3.63, 3.8) is 0 Å². The number of ether oxygens (including phenoxy) is 1. The maximum atomic E-state index is 12.6. The van der Waals surface area contributed by atoms with Crippen molar-refractivity contribution in [2.45, 2.75) is 25.8 Å². The van der Waals surface area contributed by atoms with Crippen LogP contribution in [0.1, 0.15) is 29.3 Å². The number of amides is 1. The third-order valence-electron chi connectivity index (χ3n) is 4.16. The molecule has 6 nitrogen and oxygen atoms in total. The molecular formula is C18H18N2O4. The molecule has 1 aromatic carbocycles. The number of carbonyl (C=O) groups is 2. The summed E-state index contributed by atoms with van der Waals surface area (Å²) < 4.78 is 5.04. The van der Waals surface area contributed by atoms with E-state index in [-0.39, 0.29) is 17.5 Å². The van der Waals surface area contributed by atoms with Crippen molar-refractivity contribution in [3.05, 3.63) is 64.1 Å². The predicted octanol–water partition coefficient (Wildman–Crippen LogP) is 1.90. The monoisotopic (exact) mass is 326 g/mol. The second-order valence-electron chi connectivity index (χ2n) is 5.77. The molecule has 2 heterocycles. The summed E-state index contributed by atoms with van der Waals surface area (Å²) >= 11 is 0. The van der Waals surface area contributed by atoms with Gasteiger partial charge in [-0.05, 0) is 43.5 Å². The number of esters is 1. The lowest BCUT2D eigenvalue weighted by molar-refractivity contribution is -0.122. The Labute approximate surface area is 139 Å². The van der Waals surface area contributed by atoms with Gasteiger partial charge in [0.1, 0.15) is 5.56 Å². The van der Waals surface area contributed by atoms with Crippen LogP contribution < -0.4 is 10.5 Å².